The third kappa shape index (κ3) is 3.55. The van der Waals surface area contributed by atoms with Crippen LogP contribution in [0.4, 0.5) is 4.39 Å². The monoisotopic (exact) mass is 290 g/mol. The number of aliphatic hydroxyl groups is 1. The van der Waals surface area contributed by atoms with E-state index in [1.54, 1.807) is 37.9 Å². The van der Waals surface area contributed by atoms with Crippen LogP contribution in [0, 0.1) is 12.7 Å². The summed E-state index contributed by atoms with van der Waals surface area (Å²) >= 11 is 0. The molecule has 112 valence electrons. The number of nitrogens with zero attached hydrogens (tertiary/aromatic N) is 2. The maximum Gasteiger partial charge on any atom is 0.254 e. The summed E-state index contributed by atoms with van der Waals surface area (Å²) in [5.74, 6) is -0.529. The molecule has 0 radical (unpaired) electrons. The Hall–Kier alpha value is -2.01. The first-order chi connectivity index (χ1) is 9.88. The zero-order chi connectivity index (χ0) is 15.6. The molecule has 1 heterocycles. The second kappa shape index (κ2) is 6.18. The van der Waals surface area contributed by atoms with Crippen molar-refractivity contribution in [3.8, 4) is 0 Å². The van der Waals surface area contributed by atoms with E-state index in [2.05, 4.69) is 4.98 Å². The van der Waals surface area contributed by atoms with Crippen molar-refractivity contribution in [2.45, 2.75) is 26.4 Å². The van der Waals surface area contributed by atoms with Crippen LogP contribution in [0.2, 0.25) is 0 Å². The molecule has 1 amide bonds. The summed E-state index contributed by atoms with van der Waals surface area (Å²) in [5.41, 5.74) is 1.65. The van der Waals surface area contributed by atoms with Gasteiger partial charge in [0.25, 0.3) is 5.91 Å². The molecular formula is C16H19FN2O2. The number of pyridine rings is 1. The highest BCUT2D eigenvalue weighted by Crippen LogP contribution is 2.21. The number of hydrogen-bond donors (Lipinski definition) is 1. The van der Waals surface area contributed by atoms with Crippen LogP contribution < -0.4 is 0 Å². The van der Waals surface area contributed by atoms with Gasteiger partial charge in [0.15, 0.2) is 0 Å². The smallest absolute Gasteiger partial charge is 0.254 e. The standard InChI is InChI=1S/C16H19FN2O2/c1-10-8-14(16(21)19(3)7-6-11(2)20)13-5-4-12(17)9-15(13)18-10/h4-5,8-9,11,20H,6-7H2,1-3H3. The summed E-state index contributed by atoms with van der Waals surface area (Å²) < 4.78 is 13.3. The Morgan fingerprint density at radius 2 is 2.14 bits per heavy atom. The number of aryl methyl sites for hydroxylation is 1. The van der Waals surface area contributed by atoms with Crippen LogP contribution in [0.5, 0.6) is 0 Å². The molecule has 0 saturated carbocycles. The van der Waals surface area contributed by atoms with Crippen LogP contribution in [-0.2, 0) is 0 Å². The first kappa shape index (κ1) is 15.4. The van der Waals surface area contributed by atoms with Crippen molar-refractivity contribution in [2.75, 3.05) is 13.6 Å². The average molecular weight is 290 g/mol. The van der Waals surface area contributed by atoms with Gasteiger partial charge in [0.2, 0.25) is 0 Å². The van der Waals surface area contributed by atoms with Crippen LogP contribution in [0.15, 0.2) is 24.3 Å². The molecule has 2 aromatic rings. The van der Waals surface area contributed by atoms with E-state index < -0.39 is 6.10 Å². The van der Waals surface area contributed by atoms with Crippen molar-refractivity contribution < 1.29 is 14.3 Å². The topological polar surface area (TPSA) is 53.4 Å². The van der Waals surface area contributed by atoms with Gasteiger partial charge in [-0.2, -0.15) is 0 Å². The van der Waals surface area contributed by atoms with E-state index in [4.69, 9.17) is 0 Å². The van der Waals surface area contributed by atoms with Crippen molar-refractivity contribution >= 4 is 16.8 Å². The fraction of sp³-hybridized carbons (Fsp3) is 0.375. The quantitative estimate of drug-likeness (QED) is 0.941. The van der Waals surface area contributed by atoms with Gasteiger partial charge in [0.05, 0.1) is 17.2 Å². The lowest BCUT2D eigenvalue weighted by molar-refractivity contribution is 0.0770. The Morgan fingerprint density at radius 1 is 1.43 bits per heavy atom. The van der Waals surface area contributed by atoms with Crippen LogP contribution in [0.3, 0.4) is 0 Å². The molecule has 2 rings (SSSR count). The molecule has 0 bridgehead atoms. The summed E-state index contributed by atoms with van der Waals surface area (Å²) in [5, 5.41) is 9.95. The SMILES string of the molecule is Cc1cc(C(=O)N(C)CCC(C)O)c2ccc(F)cc2n1. The molecular weight excluding hydrogens is 271 g/mol. The molecule has 0 aliphatic heterocycles. The van der Waals surface area contributed by atoms with Gasteiger partial charge in [-0.3, -0.25) is 9.78 Å². The molecule has 21 heavy (non-hydrogen) atoms. The molecule has 0 aliphatic rings. The summed E-state index contributed by atoms with van der Waals surface area (Å²) in [6.45, 7) is 3.92. The maximum absolute atomic E-state index is 13.3. The zero-order valence-corrected chi connectivity index (χ0v) is 12.4. The molecule has 4 nitrogen and oxygen atoms in total. The molecule has 1 aromatic carbocycles. The summed E-state index contributed by atoms with van der Waals surface area (Å²) in [4.78, 5) is 18.4. The lowest BCUT2D eigenvalue weighted by Crippen LogP contribution is -2.29. The number of aliphatic hydroxyl groups excluding tert-OH is 1. The highest BCUT2D eigenvalue weighted by molar-refractivity contribution is 6.06. The van der Waals surface area contributed by atoms with Crippen molar-refractivity contribution in [1.82, 2.24) is 9.88 Å². The lowest BCUT2D eigenvalue weighted by atomic mass is 10.1. The fourth-order valence-corrected chi connectivity index (χ4v) is 2.20. The number of aromatic nitrogens is 1. The van der Waals surface area contributed by atoms with Gasteiger partial charge in [-0.05, 0) is 38.5 Å². The van der Waals surface area contributed by atoms with Crippen LogP contribution in [-0.4, -0.2) is 40.6 Å². The van der Waals surface area contributed by atoms with E-state index in [0.717, 1.165) is 0 Å². The first-order valence-corrected chi connectivity index (χ1v) is 6.89. The minimum Gasteiger partial charge on any atom is -0.393 e. The van der Waals surface area contributed by atoms with Crippen molar-refractivity contribution in [1.29, 1.82) is 0 Å². The van der Waals surface area contributed by atoms with E-state index in [-0.39, 0.29) is 11.7 Å². The van der Waals surface area contributed by atoms with E-state index in [1.165, 1.54) is 12.1 Å². The minimum absolute atomic E-state index is 0.155. The maximum atomic E-state index is 13.3. The van der Waals surface area contributed by atoms with Crippen LogP contribution >= 0.6 is 0 Å². The van der Waals surface area contributed by atoms with Crippen molar-refractivity contribution in [3.05, 3.63) is 41.3 Å². The number of amides is 1. The van der Waals surface area contributed by atoms with E-state index >= 15 is 0 Å². The summed E-state index contributed by atoms with van der Waals surface area (Å²) in [7, 11) is 1.69. The minimum atomic E-state index is -0.453. The highest BCUT2D eigenvalue weighted by Gasteiger charge is 2.16. The van der Waals surface area contributed by atoms with E-state index in [0.29, 0.717) is 35.1 Å². The predicted octanol–water partition coefficient (Wildman–Crippen LogP) is 2.53. The molecule has 0 aliphatic carbocycles. The third-order valence-corrected chi connectivity index (χ3v) is 3.36. The van der Waals surface area contributed by atoms with Crippen molar-refractivity contribution in [2.24, 2.45) is 0 Å². The number of benzene rings is 1. The normalized spacial score (nSPS) is 12.4. The van der Waals surface area contributed by atoms with Gasteiger partial charge in [-0.1, -0.05) is 0 Å². The summed E-state index contributed by atoms with van der Waals surface area (Å²) in [6.07, 6.45) is 0.0593. The zero-order valence-electron chi connectivity index (χ0n) is 12.4. The molecule has 5 heteroatoms. The fourth-order valence-electron chi connectivity index (χ4n) is 2.20. The van der Waals surface area contributed by atoms with Gasteiger partial charge in [0, 0.05) is 30.7 Å². The number of rotatable bonds is 4. The van der Waals surface area contributed by atoms with Gasteiger partial charge in [-0.15, -0.1) is 0 Å². The van der Waals surface area contributed by atoms with Gasteiger partial charge >= 0.3 is 0 Å². The average Bonchev–Trinajstić information content (AvgIpc) is 2.42. The highest BCUT2D eigenvalue weighted by atomic mass is 19.1. The number of halogens is 1. The van der Waals surface area contributed by atoms with E-state index in [9.17, 15) is 14.3 Å². The second-order valence-electron chi connectivity index (χ2n) is 5.34. The van der Waals surface area contributed by atoms with Gasteiger partial charge < -0.3 is 10.0 Å². The lowest BCUT2D eigenvalue weighted by Gasteiger charge is -2.19. The Bertz CT molecular complexity index is 665. The Labute approximate surface area is 123 Å². The molecule has 0 spiro atoms. The predicted molar refractivity (Wildman–Crippen MR) is 79.7 cm³/mol. The molecule has 1 aromatic heterocycles. The van der Waals surface area contributed by atoms with E-state index in [1.807, 2.05) is 0 Å². The van der Waals surface area contributed by atoms with Gasteiger partial charge in [-0.25, -0.2) is 4.39 Å². The molecule has 0 fully saturated rings. The molecule has 0 saturated heterocycles. The number of fused-ring (bicyclic) bond motifs is 1. The molecule has 1 N–H and O–H groups in total. The van der Waals surface area contributed by atoms with Crippen LogP contribution in [0.25, 0.3) is 10.9 Å². The number of hydrogen-bond acceptors (Lipinski definition) is 3. The third-order valence-electron chi connectivity index (χ3n) is 3.36. The molecule has 1 atom stereocenters. The Kier molecular flexibility index (Phi) is 4.53. The molecule has 1 unspecified atom stereocenters. The van der Waals surface area contributed by atoms with Gasteiger partial charge in [0.1, 0.15) is 5.82 Å². The Balaban J connectivity index is 2.38. The largest absolute Gasteiger partial charge is 0.393 e. The van der Waals surface area contributed by atoms with Crippen LogP contribution in [0.1, 0.15) is 29.4 Å². The Morgan fingerprint density at radius 3 is 2.81 bits per heavy atom. The van der Waals surface area contributed by atoms with Crippen molar-refractivity contribution in [3.63, 3.8) is 0 Å². The summed E-state index contributed by atoms with van der Waals surface area (Å²) in [6, 6.07) is 5.94. The first-order valence-electron chi connectivity index (χ1n) is 6.89. The number of carbonyl (C=O) groups excluding carboxylic acids is 1. The second-order valence-corrected chi connectivity index (χ2v) is 5.34. The number of carbonyl (C=O) groups is 1.